The van der Waals surface area contributed by atoms with E-state index in [-0.39, 0.29) is 10.8 Å². The first-order chi connectivity index (χ1) is 18.5. The second-order valence-electron chi connectivity index (χ2n) is 10.8. The third-order valence-electron chi connectivity index (χ3n) is 5.24. The van der Waals surface area contributed by atoms with Crippen LogP contribution in [0, 0.1) is 10.8 Å². The first kappa shape index (κ1) is 34.5. The second kappa shape index (κ2) is 12.3. The molecule has 0 unspecified atom stereocenters. The lowest BCUT2D eigenvalue weighted by Crippen LogP contribution is -2.39. The van der Waals surface area contributed by atoms with Gasteiger partial charge in [0.25, 0.3) is 11.4 Å². The van der Waals surface area contributed by atoms with Crippen molar-refractivity contribution in [3.05, 3.63) is 32.6 Å². The number of esters is 2. The second-order valence-corrected chi connectivity index (χ2v) is 12.5. The molecule has 0 spiro atoms. The number of H-pyrrole nitrogens is 1. The van der Waals surface area contributed by atoms with Gasteiger partial charge in [0.1, 0.15) is 18.4 Å². The maximum atomic E-state index is 15.4. The summed E-state index contributed by atoms with van der Waals surface area (Å²) < 4.78 is 111. The smallest absolute Gasteiger partial charge is 0.437 e. The predicted molar refractivity (Wildman–Crippen MR) is 126 cm³/mol. The van der Waals surface area contributed by atoms with Gasteiger partial charge in [-0.05, 0) is 41.5 Å². The molecule has 2 rings (SSSR count). The average Bonchev–Trinajstić information content (AvgIpc) is 3.10. The van der Waals surface area contributed by atoms with Gasteiger partial charge in [-0.2, -0.15) is 13.2 Å². The fourth-order valence-corrected chi connectivity index (χ4v) is 3.82. The number of alkyl halides is 5. The van der Waals surface area contributed by atoms with E-state index in [0.29, 0.717) is 0 Å². The average molecular weight is 624 g/mol. The largest absolute Gasteiger partial charge is 0.480 e. The first-order valence-corrected chi connectivity index (χ1v) is 13.3. The highest BCUT2D eigenvalue weighted by Crippen LogP contribution is 2.52. The van der Waals surface area contributed by atoms with E-state index in [0.717, 1.165) is 0 Å². The SMILES string of the molecule is CC(C)(C)C(=O)OCOP(=O)(OCOC(=O)C(C)(C)C)OC[C@@]1(F)O[C@@H](n2cc(C(F)(F)F)c(=O)[nH]c2=O)C[C@@H]1F. The van der Waals surface area contributed by atoms with Gasteiger partial charge < -0.3 is 14.2 Å². The van der Waals surface area contributed by atoms with Crippen LogP contribution in [0.2, 0.25) is 0 Å². The van der Waals surface area contributed by atoms with Gasteiger partial charge in [-0.1, -0.05) is 0 Å². The molecular formula is C22H30F5N2O11P. The Hall–Kier alpha value is -2.66. The Morgan fingerprint density at radius 2 is 1.51 bits per heavy atom. The van der Waals surface area contributed by atoms with Gasteiger partial charge in [0.15, 0.2) is 6.17 Å². The quantitative estimate of drug-likeness (QED) is 0.175. The summed E-state index contributed by atoms with van der Waals surface area (Å²) in [6.07, 6.45) is -10.9. The number of phosphoric ester groups is 1. The molecule has 0 bridgehead atoms. The minimum atomic E-state index is -5.21. The van der Waals surface area contributed by atoms with Crippen LogP contribution in [-0.4, -0.2) is 53.7 Å². The Balaban J connectivity index is 2.21. The molecule has 3 atom stereocenters. The maximum Gasteiger partial charge on any atom is 0.480 e. The molecule has 1 aromatic rings. The summed E-state index contributed by atoms with van der Waals surface area (Å²) in [5, 5.41) is 0. The van der Waals surface area contributed by atoms with Crippen molar-refractivity contribution in [3.8, 4) is 0 Å². The fourth-order valence-electron chi connectivity index (χ4n) is 2.90. The zero-order valence-electron chi connectivity index (χ0n) is 22.8. The number of nitrogens with one attached hydrogen (secondary N) is 1. The lowest BCUT2D eigenvalue weighted by molar-refractivity contribution is -0.197. The van der Waals surface area contributed by atoms with Crippen LogP contribution in [0.4, 0.5) is 22.0 Å². The highest BCUT2D eigenvalue weighted by Gasteiger charge is 2.53. The van der Waals surface area contributed by atoms with E-state index in [1.807, 2.05) is 0 Å². The van der Waals surface area contributed by atoms with E-state index in [1.54, 1.807) is 0 Å². The van der Waals surface area contributed by atoms with Crippen molar-refractivity contribution < 1.29 is 63.9 Å². The molecule has 0 radical (unpaired) electrons. The van der Waals surface area contributed by atoms with E-state index in [2.05, 4.69) is 0 Å². The minimum absolute atomic E-state index is 0.0371. The molecule has 0 aliphatic carbocycles. The van der Waals surface area contributed by atoms with E-state index >= 15 is 4.39 Å². The minimum Gasteiger partial charge on any atom is -0.437 e. The molecule has 0 amide bonds. The van der Waals surface area contributed by atoms with Gasteiger partial charge in [-0.15, -0.1) is 0 Å². The highest BCUT2D eigenvalue weighted by atomic mass is 31.2. The van der Waals surface area contributed by atoms with E-state index in [4.69, 9.17) is 27.8 Å². The van der Waals surface area contributed by atoms with Crippen LogP contribution in [0.5, 0.6) is 0 Å². The molecule has 0 aromatic carbocycles. The van der Waals surface area contributed by atoms with Crippen molar-refractivity contribution in [1.29, 1.82) is 0 Å². The zero-order chi connectivity index (χ0) is 31.6. The number of nitrogens with zero attached hydrogens (tertiary/aromatic N) is 1. The number of rotatable bonds is 10. The molecule has 0 saturated carbocycles. The molecule has 1 fully saturated rings. The van der Waals surface area contributed by atoms with Gasteiger partial charge in [0.05, 0.1) is 10.8 Å². The van der Waals surface area contributed by atoms with Crippen LogP contribution in [0.15, 0.2) is 15.8 Å². The van der Waals surface area contributed by atoms with E-state index in [9.17, 15) is 41.3 Å². The summed E-state index contributed by atoms with van der Waals surface area (Å²) in [4.78, 5) is 48.8. The van der Waals surface area contributed by atoms with Crippen LogP contribution in [-0.2, 0) is 48.1 Å². The maximum absolute atomic E-state index is 15.4. The van der Waals surface area contributed by atoms with Crippen LogP contribution < -0.4 is 11.2 Å². The summed E-state index contributed by atoms with van der Waals surface area (Å²) in [5.74, 6) is -5.16. The monoisotopic (exact) mass is 624 g/mol. The summed E-state index contributed by atoms with van der Waals surface area (Å²) >= 11 is 0. The summed E-state index contributed by atoms with van der Waals surface area (Å²) in [5.41, 5.74) is -7.09. The number of aromatic amines is 1. The Bertz CT molecular complexity index is 1250. The standard InChI is InChI=1S/C22H30F5N2O11P/c1-19(2,3)16(31)35-10-38-41(34,39-11-36-17(32)20(4,5)6)37-9-21(24)13(23)7-14(40-21)29-8-12(22(25,26)27)15(30)28-18(29)33/h8,13-14H,7,9-11H2,1-6H3,(H,28,30,33)/t13-,14+,21+/m0/s1. The number of phosphoric acid groups is 1. The van der Waals surface area contributed by atoms with Gasteiger partial charge in [-0.3, -0.25) is 28.5 Å². The molecule has 1 saturated heterocycles. The number of carbonyl (C=O) groups excluding carboxylic acids is 2. The summed E-state index contributed by atoms with van der Waals surface area (Å²) in [6.45, 7) is 5.23. The third-order valence-corrected chi connectivity index (χ3v) is 6.53. The lowest BCUT2D eigenvalue weighted by Gasteiger charge is -2.25. The van der Waals surface area contributed by atoms with E-state index < -0.39 is 98.4 Å². The molecule has 1 aliphatic heterocycles. The van der Waals surface area contributed by atoms with Gasteiger partial charge in [0.2, 0.25) is 13.6 Å². The van der Waals surface area contributed by atoms with Crippen molar-refractivity contribution in [2.45, 2.75) is 72.4 Å². The number of hydrogen-bond acceptors (Lipinski definition) is 11. The Morgan fingerprint density at radius 1 is 1.02 bits per heavy atom. The Morgan fingerprint density at radius 3 is 1.95 bits per heavy atom. The molecular weight excluding hydrogens is 594 g/mol. The Labute approximate surface area is 229 Å². The Kier molecular flexibility index (Phi) is 10.4. The fraction of sp³-hybridized carbons (Fsp3) is 0.727. The third kappa shape index (κ3) is 9.16. The van der Waals surface area contributed by atoms with Crippen LogP contribution in [0.25, 0.3) is 0 Å². The van der Waals surface area contributed by atoms with Gasteiger partial charge in [-0.25, -0.2) is 27.2 Å². The molecule has 1 N–H and O–H groups in total. The highest BCUT2D eigenvalue weighted by molar-refractivity contribution is 7.48. The molecule has 1 aromatic heterocycles. The lowest BCUT2D eigenvalue weighted by atomic mass is 9.98. The number of hydrogen-bond donors (Lipinski definition) is 1. The molecule has 2 heterocycles. The first-order valence-electron chi connectivity index (χ1n) is 11.8. The predicted octanol–water partition coefficient (Wildman–Crippen LogP) is 3.73. The summed E-state index contributed by atoms with van der Waals surface area (Å²) in [7, 11) is -5.00. The number of ether oxygens (including phenoxy) is 3. The van der Waals surface area contributed by atoms with Crippen LogP contribution in [0.3, 0.4) is 0 Å². The molecule has 13 nitrogen and oxygen atoms in total. The molecule has 41 heavy (non-hydrogen) atoms. The van der Waals surface area contributed by atoms with Crippen molar-refractivity contribution in [2.75, 3.05) is 20.2 Å². The topological polar surface area (TPSA) is 161 Å². The molecule has 19 heteroatoms. The van der Waals surface area contributed by atoms with Crippen molar-refractivity contribution in [3.63, 3.8) is 0 Å². The van der Waals surface area contributed by atoms with Crippen molar-refractivity contribution in [1.82, 2.24) is 9.55 Å². The van der Waals surface area contributed by atoms with Crippen LogP contribution >= 0.6 is 7.82 Å². The number of carbonyl (C=O) groups is 2. The van der Waals surface area contributed by atoms with Gasteiger partial charge >= 0.3 is 31.6 Å². The summed E-state index contributed by atoms with van der Waals surface area (Å²) in [6, 6.07) is 0. The number of halogens is 5. The van der Waals surface area contributed by atoms with E-state index in [1.165, 1.54) is 46.5 Å². The zero-order valence-corrected chi connectivity index (χ0v) is 23.7. The van der Waals surface area contributed by atoms with Crippen molar-refractivity contribution in [2.24, 2.45) is 10.8 Å². The van der Waals surface area contributed by atoms with Gasteiger partial charge in [0, 0.05) is 12.6 Å². The normalized spacial score (nSPS) is 22.0. The molecule has 1 aliphatic rings. The molecule has 234 valence electrons. The number of aromatic nitrogens is 2. The van der Waals surface area contributed by atoms with Crippen molar-refractivity contribution >= 4 is 19.8 Å². The van der Waals surface area contributed by atoms with Crippen LogP contribution in [0.1, 0.15) is 59.8 Å².